The van der Waals surface area contributed by atoms with E-state index in [9.17, 15) is 14.4 Å². The Labute approximate surface area is 256 Å². The fourth-order valence-electron chi connectivity index (χ4n) is 7.68. The lowest BCUT2D eigenvalue weighted by atomic mass is 9.85. The standard InChI is InChI=1S/C33H49ClN4O4/c1-24(39)37-12-10-25(11-13-37)23-42-31-9-8-30(34)20-29(31)22-36-14-16-38(17-15-36)33(41)21-35-32(40)7-3-6-28-19-26-4-2-5-27(28)18-26/h8-9,20,25-28H,2-7,10-19,21-23H2,1H3,(H,35,40). The van der Waals surface area contributed by atoms with E-state index in [4.69, 9.17) is 16.3 Å². The van der Waals surface area contributed by atoms with E-state index in [0.29, 0.717) is 43.6 Å². The van der Waals surface area contributed by atoms with E-state index in [1.165, 1.54) is 32.1 Å². The largest absolute Gasteiger partial charge is 0.493 e. The summed E-state index contributed by atoms with van der Waals surface area (Å²) >= 11 is 6.34. The number of piperazine rings is 1. The number of benzene rings is 1. The Morgan fingerprint density at radius 3 is 2.50 bits per heavy atom. The molecule has 2 aliphatic carbocycles. The molecule has 4 aliphatic rings. The first-order chi connectivity index (χ1) is 20.3. The second-order valence-electron chi connectivity index (χ2n) is 13.1. The highest BCUT2D eigenvalue weighted by Gasteiger charge is 2.36. The minimum absolute atomic E-state index is 0.000783. The number of nitrogens with zero attached hydrogens (tertiary/aromatic N) is 3. The van der Waals surface area contributed by atoms with Gasteiger partial charge in [0.2, 0.25) is 17.7 Å². The molecule has 3 unspecified atom stereocenters. The van der Waals surface area contributed by atoms with Gasteiger partial charge in [-0.25, -0.2) is 0 Å². The third kappa shape index (κ3) is 8.62. The molecule has 3 amide bonds. The van der Waals surface area contributed by atoms with Crippen LogP contribution in [0, 0.1) is 23.7 Å². The number of fused-ring (bicyclic) bond motifs is 2. The average Bonchev–Trinajstić information content (AvgIpc) is 3.27. The van der Waals surface area contributed by atoms with Gasteiger partial charge in [0, 0.05) is 69.7 Å². The van der Waals surface area contributed by atoms with Gasteiger partial charge in [-0.3, -0.25) is 19.3 Å². The smallest absolute Gasteiger partial charge is 0.242 e. The van der Waals surface area contributed by atoms with Crippen LogP contribution >= 0.6 is 11.6 Å². The summed E-state index contributed by atoms with van der Waals surface area (Å²) in [6.45, 7) is 7.47. The van der Waals surface area contributed by atoms with Crippen LogP contribution in [-0.4, -0.2) is 84.8 Å². The van der Waals surface area contributed by atoms with Crippen molar-refractivity contribution < 1.29 is 19.1 Å². The van der Waals surface area contributed by atoms with Crippen molar-refractivity contribution >= 4 is 29.3 Å². The van der Waals surface area contributed by atoms with Crippen LogP contribution in [0.15, 0.2) is 18.2 Å². The van der Waals surface area contributed by atoms with Crippen LogP contribution in [0.3, 0.4) is 0 Å². The molecular weight excluding hydrogens is 552 g/mol. The van der Waals surface area contributed by atoms with E-state index in [1.807, 2.05) is 28.0 Å². The van der Waals surface area contributed by atoms with Gasteiger partial charge in [-0.1, -0.05) is 30.9 Å². The molecule has 1 aromatic carbocycles. The van der Waals surface area contributed by atoms with Crippen molar-refractivity contribution in [2.75, 3.05) is 52.4 Å². The molecule has 0 radical (unpaired) electrons. The van der Waals surface area contributed by atoms with Crippen LogP contribution in [-0.2, 0) is 20.9 Å². The fourth-order valence-corrected chi connectivity index (χ4v) is 7.87. The van der Waals surface area contributed by atoms with Crippen molar-refractivity contribution in [3.8, 4) is 5.75 Å². The van der Waals surface area contributed by atoms with Crippen molar-refractivity contribution in [1.29, 1.82) is 0 Å². The number of ether oxygens (including phenoxy) is 1. The van der Waals surface area contributed by atoms with Crippen LogP contribution in [0.2, 0.25) is 5.02 Å². The lowest BCUT2D eigenvalue weighted by Gasteiger charge is -2.35. The zero-order valence-electron chi connectivity index (χ0n) is 25.3. The monoisotopic (exact) mass is 600 g/mol. The lowest BCUT2D eigenvalue weighted by Crippen LogP contribution is -2.50. The number of carbonyl (C=O) groups excluding carboxylic acids is 3. The first-order valence-electron chi connectivity index (χ1n) is 16.3. The Kier molecular flexibility index (Phi) is 11.0. The molecule has 2 bridgehead atoms. The minimum Gasteiger partial charge on any atom is -0.493 e. The van der Waals surface area contributed by atoms with Gasteiger partial charge in [0.15, 0.2) is 0 Å². The average molecular weight is 601 g/mol. The SMILES string of the molecule is CC(=O)N1CCC(COc2ccc(Cl)cc2CN2CCN(C(=O)CNC(=O)CCCC3CC4CCCC3C4)CC2)CC1. The molecule has 0 spiro atoms. The van der Waals surface area contributed by atoms with Crippen molar-refractivity contribution in [3.05, 3.63) is 28.8 Å². The molecule has 42 heavy (non-hydrogen) atoms. The van der Waals surface area contributed by atoms with E-state index in [2.05, 4.69) is 10.2 Å². The van der Waals surface area contributed by atoms with Crippen LogP contribution in [0.25, 0.3) is 0 Å². The number of hydrogen-bond donors (Lipinski definition) is 1. The van der Waals surface area contributed by atoms with Crippen molar-refractivity contribution in [3.63, 3.8) is 0 Å². The molecule has 9 heteroatoms. The maximum atomic E-state index is 12.8. The van der Waals surface area contributed by atoms with Gasteiger partial charge in [0.05, 0.1) is 13.2 Å². The van der Waals surface area contributed by atoms with Gasteiger partial charge >= 0.3 is 0 Å². The predicted molar refractivity (Wildman–Crippen MR) is 164 cm³/mol. The number of halogens is 1. The Morgan fingerprint density at radius 2 is 1.76 bits per heavy atom. The fraction of sp³-hybridized carbons (Fsp3) is 0.727. The number of piperidine rings is 1. The number of nitrogens with one attached hydrogen (secondary N) is 1. The molecule has 3 atom stereocenters. The molecule has 232 valence electrons. The maximum absolute atomic E-state index is 12.8. The second kappa shape index (κ2) is 14.9. The Hall–Kier alpha value is -2.32. The Morgan fingerprint density at radius 1 is 0.976 bits per heavy atom. The molecule has 1 N–H and O–H groups in total. The van der Waals surface area contributed by atoms with Gasteiger partial charge in [-0.2, -0.15) is 0 Å². The van der Waals surface area contributed by atoms with Gasteiger partial charge in [-0.05, 0) is 80.4 Å². The molecule has 8 nitrogen and oxygen atoms in total. The summed E-state index contributed by atoms with van der Waals surface area (Å²) in [7, 11) is 0. The minimum atomic E-state index is -0.00445. The summed E-state index contributed by atoms with van der Waals surface area (Å²) in [5.74, 6) is 4.08. The normalized spacial score (nSPS) is 25.0. The van der Waals surface area contributed by atoms with Gasteiger partial charge < -0.3 is 19.9 Å². The molecule has 4 fully saturated rings. The van der Waals surface area contributed by atoms with E-state index in [0.717, 1.165) is 80.9 Å². The summed E-state index contributed by atoms with van der Waals surface area (Å²) in [4.78, 5) is 42.9. The maximum Gasteiger partial charge on any atom is 0.242 e. The first kappa shape index (κ1) is 31.1. The van der Waals surface area contributed by atoms with E-state index >= 15 is 0 Å². The molecule has 2 saturated carbocycles. The third-order valence-corrected chi connectivity index (χ3v) is 10.5. The Balaban J connectivity index is 0.992. The third-order valence-electron chi connectivity index (χ3n) is 10.2. The summed E-state index contributed by atoms with van der Waals surface area (Å²) in [6.07, 6.45) is 11.5. The van der Waals surface area contributed by atoms with Gasteiger partial charge in [0.1, 0.15) is 5.75 Å². The molecule has 2 heterocycles. The second-order valence-corrected chi connectivity index (χ2v) is 13.6. The summed E-state index contributed by atoms with van der Waals surface area (Å²) in [6, 6.07) is 5.79. The zero-order valence-corrected chi connectivity index (χ0v) is 26.1. The van der Waals surface area contributed by atoms with Crippen LogP contribution in [0.1, 0.15) is 76.7 Å². The van der Waals surface area contributed by atoms with Crippen LogP contribution in [0.4, 0.5) is 0 Å². The van der Waals surface area contributed by atoms with Crippen molar-refractivity contribution in [2.45, 2.75) is 77.7 Å². The molecule has 0 aromatic heterocycles. The molecule has 2 saturated heterocycles. The van der Waals surface area contributed by atoms with Gasteiger partial charge in [0.25, 0.3) is 0 Å². The highest BCUT2D eigenvalue weighted by molar-refractivity contribution is 6.30. The molecular formula is C33H49ClN4O4. The zero-order chi connectivity index (χ0) is 29.5. The van der Waals surface area contributed by atoms with E-state index in [1.54, 1.807) is 6.92 Å². The van der Waals surface area contributed by atoms with Gasteiger partial charge in [-0.15, -0.1) is 0 Å². The number of likely N-dealkylation sites (tertiary alicyclic amines) is 1. The van der Waals surface area contributed by atoms with Crippen LogP contribution in [0.5, 0.6) is 5.75 Å². The van der Waals surface area contributed by atoms with Crippen LogP contribution < -0.4 is 10.1 Å². The molecule has 5 rings (SSSR count). The predicted octanol–water partition coefficient (Wildman–Crippen LogP) is 4.73. The quantitative estimate of drug-likeness (QED) is 0.397. The first-order valence-corrected chi connectivity index (χ1v) is 16.7. The van der Waals surface area contributed by atoms with E-state index in [-0.39, 0.29) is 24.3 Å². The van der Waals surface area contributed by atoms with E-state index < -0.39 is 0 Å². The summed E-state index contributed by atoms with van der Waals surface area (Å²) in [5, 5.41) is 3.55. The topological polar surface area (TPSA) is 82.2 Å². The van der Waals surface area contributed by atoms with Crippen molar-refractivity contribution in [1.82, 2.24) is 20.0 Å². The number of hydrogen-bond acceptors (Lipinski definition) is 5. The lowest BCUT2D eigenvalue weighted by molar-refractivity contribution is -0.134. The number of rotatable bonds is 11. The molecule has 1 aromatic rings. The summed E-state index contributed by atoms with van der Waals surface area (Å²) < 4.78 is 6.26. The summed E-state index contributed by atoms with van der Waals surface area (Å²) in [5.41, 5.74) is 1.05. The molecule has 2 aliphatic heterocycles. The Bertz CT molecular complexity index is 1080. The van der Waals surface area contributed by atoms with Crippen molar-refractivity contribution in [2.24, 2.45) is 23.7 Å². The number of carbonyl (C=O) groups is 3. The number of amides is 3. The highest BCUT2D eigenvalue weighted by atomic mass is 35.5. The highest BCUT2D eigenvalue weighted by Crippen LogP contribution is 2.47.